The summed E-state index contributed by atoms with van der Waals surface area (Å²) in [7, 11) is 0. The maximum absolute atomic E-state index is 13.8. The normalized spacial score (nSPS) is 18.3. The fraction of sp³-hybridized carbons (Fsp3) is 0.200. The van der Waals surface area contributed by atoms with E-state index in [1.165, 1.54) is 18.2 Å². The molecule has 0 unspecified atom stereocenters. The van der Waals surface area contributed by atoms with E-state index >= 15 is 0 Å². The average Bonchev–Trinajstić information content (AvgIpc) is 3.14. The van der Waals surface area contributed by atoms with Crippen LogP contribution in [0.4, 0.5) is 24.7 Å². The van der Waals surface area contributed by atoms with Crippen LogP contribution in [-0.2, 0) is 0 Å². The molecule has 162 valence electrons. The molecule has 1 amide bonds. The molecule has 2 heterocycles. The molecule has 0 spiro atoms. The van der Waals surface area contributed by atoms with Crippen molar-refractivity contribution in [3.8, 4) is 0 Å². The average molecular weight is 534 g/mol. The van der Waals surface area contributed by atoms with Crippen molar-refractivity contribution in [2.45, 2.75) is 24.7 Å². The van der Waals surface area contributed by atoms with Crippen molar-refractivity contribution in [1.29, 1.82) is 0 Å². The van der Waals surface area contributed by atoms with Crippen LogP contribution in [0.3, 0.4) is 0 Å². The summed E-state index contributed by atoms with van der Waals surface area (Å²) >= 11 is 15.4. The number of rotatable bonds is 3. The van der Waals surface area contributed by atoms with Crippen LogP contribution in [0.1, 0.15) is 34.6 Å². The number of carbonyl (C=O) groups is 1. The van der Waals surface area contributed by atoms with Gasteiger partial charge < -0.3 is 10.6 Å². The molecule has 0 radical (unpaired) electrons. The first-order chi connectivity index (χ1) is 14.6. The van der Waals surface area contributed by atoms with E-state index in [-0.39, 0.29) is 33.7 Å². The number of anilines is 2. The molecule has 2 aromatic carbocycles. The maximum Gasteiger partial charge on any atom is 0.410 e. The first kappa shape index (κ1) is 22.0. The van der Waals surface area contributed by atoms with Gasteiger partial charge in [0.25, 0.3) is 5.91 Å². The van der Waals surface area contributed by atoms with Gasteiger partial charge in [0.05, 0.1) is 21.8 Å². The number of para-hydroxylation sites is 1. The summed E-state index contributed by atoms with van der Waals surface area (Å²) in [6, 6.07) is 10.5. The third kappa shape index (κ3) is 4.53. The van der Waals surface area contributed by atoms with Gasteiger partial charge >= 0.3 is 6.18 Å². The summed E-state index contributed by atoms with van der Waals surface area (Å²) in [5, 5.41) is 9.89. The van der Waals surface area contributed by atoms with Crippen molar-refractivity contribution in [2.24, 2.45) is 0 Å². The SMILES string of the molecule is O=C(Nc1c(Cl)cccc1Cl)c1cc2n(n1)[C@H](C(F)(F)F)C[C@@H](c1ccc(Br)cc1)N2. The van der Waals surface area contributed by atoms with E-state index in [9.17, 15) is 18.0 Å². The van der Waals surface area contributed by atoms with E-state index in [4.69, 9.17) is 23.2 Å². The lowest BCUT2D eigenvalue weighted by Gasteiger charge is -2.33. The van der Waals surface area contributed by atoms with Crippen LogP contribution in [-0.4, -0.2) is 21.9 Å². The van der Waals surface area contributed by atoms with Crippen LogP contribution in [0.25, 0.3) is 0 Å². The number of nitrogens with zero attached hydrogens (tertiary/aromatic N) is 2. The predicted octanol–water partition coefficient (Wildman–Crippen LogP) is 6.87. The van der Waals surface area contributed by atoms with Crippen molar-refractivity contribution in [3.63, 3.8) is 0 Å². The molecule has 0 bridgehead atoms. The van der Waals surface area contributed by atoms with Gasteiger partial charge in [0, 0.05) is 17.0 Å². The van der Waals surface area contributed by atoms with E-state index in [2.05, 4.69) is 31.7 Å². The highest BCUT2D eigenvalue weighted by molar-refractivity contribution is 9.10. The molecule has 11 heteroatoms. The minimum Gasteiger partial charge on any atom is -0.363 e. The number of aromatic nitrogens is 2. The van der Waals surface area contributed by atoms with Gasteiger partial charge in [0.1, 0.15) is 5.82 Å². The van der Waals surface area contributed by atoms with Crippen LogP contribution < -0.4 is 10.6 Å². The Bertz CT molecular complexity index is 1110. The topological polar surface area (TPSA) is 59.0 Å². The molecule has 0 fully saturated rings. The van der Waals surface area contributed by atoms with E-state index < -0.39 is 24.2 Å². The van der Waals surface area contributed by atoms with Crippen molar-refractivity contribution in [2.75, 3.05) is 10.6 Å². The summed E-state index contributed by atoms with van der Waals surface area (Å²) in [6.07, 6.45) is -4.81. The molecule has 0 aliphatic carbocycles. The fourth-order valence-corrected chi connectivity index (χ4v) is 4.15. The molecule has 2 atom stereocenters. The van der Waals surface area contributed by atoms with Crippen LogP contribution in [0.15, 0.2) is 53.0 Å². The first-order valence-corrected chi connectivity index (χ1v) is 10.6. The molecule has 2 N–H and O–H groups in total. The molecule has 31 heavy (non-hydrogen) atoms. The Balaban J connectivity index is 1.66. The number of carbonyl (C=O) groups excluding carboxylic acids is 1. The van der Waals surface area contributed by atoms with Gasteiger partial charge in [-0.05, 0) is 29.8 Å². The lowest BCUT2D eigenvalue weighted by Crippen LogP contribution is -2.35. The molecule has 3 aromatic rings. The van der Waals surface area contributed by atoms with Crippen molar-refractivity contribution >= 4 is 56.5 Å². The summed E-state index contributed by atoms with van der Waals surface area (Å²) in [6.45, 7) is 0. The second-order valence-corrected chi connectivity index (χ2v) is 8.68. The second-order valence-electron chi connectivity index (χ2n) is 6.95. The number of fused-ring (bicyclic) bond motifs is 1. The summed E-state index contributed by atoms with van der Waals surface area (Å²) in [5.41, 5.74) is 0.665. The zero-order chi connectivity index (χ0) is 22.3. The number of hydrogen-bond acceptors (Lipinski definition) is 3. The van der Waals surface area contributed by atoms with E-state index in [0.717, 1.165) is 9.15 Å². The molecule has 1 aliphatic rings. The third-order valence-corrected chi connectivity index (χ3v) is 6.05. The minimum atomic E-state index is -4.55. The van der Waals surface area contributed by atoms with Crippen molar-refractivity contribution < 1.29 is 18.0 Å². The summed E-state index contributed by atoms with van der Waals surface area (Å²) in [5.74, 6) is -0.628. The van der Waals surface area contributed by atoms with Crippen molar-refractivity contribution in [3.05, 3.63) is 74.3 Å². The fourth-order valence-electron chi connectivity index (χ4n) is 3.39. The number of hydrogen-bond donors (Lipinski definition) is 2. The number of amides is 1. The number of alkyl halides is 3. The quantitative estimate of drug-likeness (QED) is 0.386. The van der Waals surface area contributed by atoms with Gasteiger partial charge in [-0.3, -0.25) is 4.79 Å². The van der Waals surface area contributed by atoms with Gasteiger partial charge in [-0.2, -0.15) is 18.3 Å². The highest BCUT2D eigenvalue weighted by Gasteiger charge is 2.46. The zero-order valence-electron chi connectivity index (χ0n) is 15.6. The first-order valence-electron chi connectivity index (χ1n) is 9.07. The van der Waals surface area contributed by atoms with Crippen LogP contribution in [0, 0.1) is 0 Å². The molecule has 1 aliphatic heterocycles. The molecule has 0 saturated heterocycles. The molecule has 1 aromatic heterocycles. The lowest BCUT2D eigenvalue weighted by atomic mass is 9.97. The highest BCUT2D eigenvalue weighted by Crippen LogP contribution is 2.44. The Kier molecular flexibility index (Phi) is 5.93. The summed E-state index contributed by atoms with van der Waals surface area (Å²) < 4.78 is 43.0. The van der Waals surface area contributed by atoms with Gasteiger partial charge in [0.15, 0.2) is 11.7 Å². The zero-order valence-corrected chi connectivity index (χ0v) is 18.6. The Hall–Kier alpha value is -2.23. The lowest BCUT2D eigenvalue weighted by molar-refractivity contribution is -0.173. The Morgan fingerprint density at radius 2 is 1.81 bits per heavy atom. The monoisotopic (exact) mass is 532 g/mol. The number of benzene rings is 2. The molecule has 5 nitrogen and oxygen atoms in total. The molecular weight excluding hydrogens is 520 g/mol. The minimum absolute atomic E-state index is 0.0944. The van der Waals surface area contributed by atoms with Crippen LogP contribution in [0.5, 0.6) is 0 Å². The number of nitrogens with one attached hydrogen (secondary N) is 2. The van der Waals surface area contributed by atoms with E-state index in [1.54, 1.807) is 30.3 Å². The van der Waals surface area contributed by atoms with Gasteiger partial charge in [0.2, 0.25) is 0 Å². The highest BCUT2D eigenvalue weighted by atomic mass is 79.9. The van der Waals surface area contributed by atoms with Gasteiger partial charge in [-0.25, -0.2) is 4.68 Å². The van der Waals surface area contributed by atoms with E-state index in [0.29, 0.717) is 5.56 Å². The van der Waals surface area contributed by atoms with Gasteiger partial charge in [-0.1, -0.05) is 57.3 Å². The van der Waals surface area contributed by atoms with Crippen LogP contribution >= 0.6 is 39.1 Å². The molecular formula is C20H14BrCl2F3N4O. The third-order valence-electron chi connectivity index (χ3n) is 4.90. The Morgan fingerprint density at radius 1 is 1.16 bits per heavy atom. The maximum atomic E-state index is 13.8. The molecule has 4 rings (SSSR count). The Morgan fingerprint density at radius 3 is 2.42 bits per heavy atom. The van der Waals surface area contributed by atoms with Crippen LogP contribution in [0.2, 0.25) is 10.0 Å². The molecule has 0 saturated carbocycles. The second kappa shape index (κ2) is 8.37. The predicted molar refractivity (Wildman–Crippen MR) is 117 cm³/mol. The number of halogens is 6. The standard InChI is InChI=1S/C20H14BrCl2F3N4O/c21-11-6-4-10(5-7-11)14-8-16(20(24,25)26)30-17(27-14)9-15(29-30)19(31)28-18-12(22)2-1-3-13(18)23/h1-7,9,14,16,27H,8H2,(H,28,31)/t14-,16-/m0/s1. The van der Waals surface area contributed by atoms with Gasteiger partial charge in [-0.15, -0.1) is 0 Å². The largest absolute Gasteiger partial charge is 0.410 e. The smallest absolute Gasteiger partial charge is 0.363 e. The van der Waals surface area contributed by atoms with E-state index in [1.807, 2.05) is 0 Å². The summed E-state index contributed by atoms with van der Waals surface area (Å²) in [4.78, 5) is 12.7. The Labute approximate surface area is 193 Å². The van der Waals surface area contributed by atoms with Crippen molar-refractivity contribution in [1.82, 2.24) is 9.78 Å².